The van der Waals surface area contributed by atoms with Crippen LogP contribution in [-0.2, 0) is 4.79 Å². The fourth-order valence-corrected chi connectivity index (χ4v) is 4.11. The number of para-hydroxylation sites is 2. The van der Waals surface area contributed by atoms with Gasteiger partial charge in [0.15, 0.2) is 29.7 Å². The van der Waals surface area contributed by atoms with Crippen LogP contribution in [0.4, 0.5) is 11.6 Å². The zero-order valence-electron chi connectivity index (χ0n) is 18.2. The number of hydrogen-bond acceptors (Lipinski definition) is 7. The van der Waals surface area contributed by atoms with Gasteiger partial charge in [0.1, 0.15) is 0 Å². The number of carbonyl (C=O) groups excluding carboxylic acids is 1. The van der Waals surface area contributed by atoms with Crippen LogP contribution < -0.4 is 19.3 Å². The summed E-state index contributed by atoms with van der Waals surface area (Å²) < 4.78 is 10.9. The molecule has 0 bridgehead atoms. The first-order valence-corrected chi connectivity index (χ1v) is 11.1. The molecule has 0 N–H and O–H groups in total. The number of benzene rings is 1. The molecule has 0 spiro atoms. The smallest absolute Gasteiger partial charge is 0.260 e. The fourth-order valence-electron chi connectivity index (χ4n) is 4.11. The number of piperazine rings is 1. The Bertz CT molecular complexity index is 845. The van der Waals surface area contributed by atoms with Gasteiger partial charge in [-0.15, -0.1) is 10.2 Å². The lowest BCUT2D eigenvalue weighted by molar-refractivity contribution is -0.133. The number of amides is 1. The van der Waals surface area contributed by atoms with Crippen LogP contribution in [0.15, 0.2) is 36.4 Å². The molecule has 2 aromatic rings. The predicted molar refractivity (Wildman–Crippen MR) is 120 cm³/mol. The summed E-state index contributed by atoms with van der Waals surface area (Å²) in [5.74, 6) is 3.02. The van der Waals surface area contributed by atoms with Gasteiger partial charge in [-0.3, -0.25) is 4.79 Å². The lowest BCUT2D eigenvalue weighted by Crippen LogP contribution is -2.50. The van der Waals surface area contributed by atoms with Crippen LogP contribution in [0.2, 0.25) is 0 Å². The summed E-state index contributed by atoms with van der Waals surface area (Å²) in [4.78, 5) is 18.9. The number of anilines is 2. The molecule has 31 heavy (non-hydrogen) atoms. The summed E-state index contributed by atoms with van der Waals surface area (Å²) in [7, 11) is 1.59. The molecule has 0 aliphatic carbocycles. The zero-order chi connectivity index (χ0) is 21.5. The van der Waals surface area contributed by atoms with Crippen molar-refractivity contribution in [2.45, 2.75) is 25.7 Å². The molecule has 0 unspecified atom stereocenters. The second kappa shape index (κ2) is 10.3. The van der Waals surface area contributed by atoms with E-state index in [0.717, 1.165) is 37.8 Å². The van der Waals surface area contributed by atoms with Crippen LogP contribution in [0, 0.1) is 0 Å². The molecule has 1 aromatic heterocycles. The van der Waals surface area contributed by atoms with Gasteiger partial charge >= 0.3 is 0 Å². The van der Waals surface area contributed by atoms with Crippen LogP contribution in [0.3, 0.4) is 0 Å². The molecule has 2 fully saturated rings. The van der Waals surface area contributed by atoms with Crippen molar-refractivity contribution in [3.63, 3.8) is 0 Å². The molecule has 0 saturated carbocycles. The summed E-state index contributed by atoms with van der Waals surface area (Å²) in [5.41, 5.74) is 0. The molecule has 4 rings (SSSR count). The fraction of sp³-hybridized carbons (Fsp3) is 0.522. The second-order valence-corrected chi connectivity index (χ2v) is 7.96. The van der Waals surface area contributed by atoms with Gasteiger partial charge in [0.05, 0.1) is 7.11 Å². The lowest BCUT2D eigenvalue weighted by atomic mass is 10.2. The van der Waals surface area contributed by atoms with E-state index in [1.807, 2.05) is 23.1 Å². The van der Waals surface area contributed by atoms with E-state index in [1.54, 1.807) is 13.2 Å². The van der Waals surface area contributed by atoms with Gasteiger partial charge in [0, 0.05) is 39.3 Å². The maximum atomic E-state index is 12.6. The Kier molecular flexibility index (Phi) is 7.07. The quantitative estimate of drug-likeness (QED) is 0.704. The molecular formula is C23H31N5O3. The Morgan fingerprint density at radius 3 is 1.97 bits per heavy atom. The predicted octanol–water partition coefficient (Wildman–Crippen LogP) is 2.59. The largest absolute Gasteiger partial charge is 0.493 e. The molecule has 8 nitrogen and oxygen atoms in total. The number of carbonyl (C=O) groups is 1. The van der Waals surface area contributed by atoms with E-state index in [-0.39, 0.29) is 12.5 Å². The van der Waals surface area contributed by atoms with Gasteiger partial charge < -0.3 is 24.2 Å². The van der Waals surface area contributed by atoms with Crippen LogP contribution in [0.1, 0.15) is 25.7 Å². The molecule has 3 heterocycles. The van der Waals surface area contributed by atoms with Crippen molar-refractivity contribution in [2.75, 3.05) is 62.8 Å². The molecule has 2 aliphatic heterocycles. The highest BCUT2D eigenvalue weighted by Crippen LogP contribution is 2.26. The highest BCUT2D eigenvalue weighted by atomic mass is 16.5. The van der Waals surface area contributed by atoms with Crippen molar-refractivity contribution in [1.29, 1.82) is 0 Å². The molecule has 0 atom stereocenters. The minimum atomic E-state index is -0.0202. The monoisotopic (exact) mass is 425 g/mol. The number of hydrogen-bond donors (Lipinski definition) is 0. The number of methoxy groups -OCH3 is 1. The molecule has 166 valence electrons. The molecule has 8 heteroatoms. The normalized spacial score (nSPS) is 17.3. The van der Waals surface area contributed by atoms with E-state index in [1.165, 1.54) is 25.7 Å². The summed E-state index contributed by atoms with van der Waals surface area (Å²) in [6.07, 6.45) is 5.05. The van der Waals surface area contributed by atoms with Crippen LogP contribution in [-0.4, -0.2) is 74.0 Å². The van der Waals surface area contributed by atoms with Gasteiger partial charge in [0.2, 0.25) is 0 Å². The van der Waals surface area contributed by atoms with Gasteiger partial charge in [-0.25, -0.2) is 0 Å². The van der Waals surface area contributed by atoms with Crippen molar-refractivity contribution >= 4 is 17.5 Å². The molecule has 1 amide bonds. The number of rotatable bonds is 6. The van der Waals surface area contributed by atoms with Crippen molar-refractivity contribution in [2.24, 2.45) is 0 Å². The van der Waals surface area contributed by atoms with Crippen LogP contribution in [0.25, 0.3) is 0 Å². The Morgan fingerprint density at radius 2 is 1.39 bits per heavy atom. The molecular weight excluding hydrogens is 394 g/mol. The standard InChI is InChI=1S/C23H31N5O3/c1-30-19-8-4-5-9-20(19)31-18-23(29)28-16-14-27(15-17-28)22-11-10-21(24-25-22)26-12-6-2-3-7-13-26/h4-5,8-11H,2-3,6-7,12-18H2,1H3. The first kappa shape index (κ1) is 21.2. The first-order chi connectivity index (χ1) is 15.2. The summed E-state index contributed by atoms with van der Waals surface area (Å²) in [5, 5.41) is 8.94. The minimum absolute atomic E-state index is 0.00467. The maximum Gasteiger partial charge on any atom is 0.260 e. The zero-order valence-corrected chi connectivity index (χ0v) is 18.2. The third-order valence-electron chi connectivity index (χ3n) is 5.94. The number of nitrogens with zero attached hydrogens (tertiary/aromatic N) is 5. The van der Waals surface area contributed by atoms with E-state index in [4.69, 9.17) is 9.47 Å². The Labute approximate surface area is 183 Å². The Morgan fingerprint density at radius 1 is 0.806 bits per heavy atom. The highest BCUT2D eigenvalue weighted by molar-refractivity contribution is 5.78. The maximum absolute atomic E-state index is 12.6. The SMILES string of the molecule is COc1ccccc1OCC(=O)N1CCN(c2ccc(N3CCCCCC3)nn2)CC1. The van der Waals surface area contributed by atoms with Gasteiger partial charge in [-0.05, 0) is 37.1 Å². The van der Waals surface area contributed by atoms with Gasteiger partial charge in [0.25, 0.3) is 5.91 Å². The summed E-state index contributed by atoms with van der Waals surface area (Å²) in [6, 6.07) is 11.5. The third-order valence-corrected chi connectivity index (χ3v) is 5.94. The summed E-state index contributed by atoms with van der Waals surface area (Å²) in [6.45, 7) is 4.88. The van der Waals surface area contributed by atoms with E-state index in [2.05, 4.69) is 32.1 Å². The topological polar surface area (TPSA) is 71.0 Å². The van der Waals surface area contributed by atoms with E-state index >= 15 is 0 Å². The minimum Gasteiger partial charge on any atom is -0.493 e. The molecule has 2 saturated heterocycles. The van der Waals surface area contributed by atoms with Crippen molar-refractivity contribution in [1.82, 2.24) is 15.1 Å². The lowest BCUT2D eigenvalue weighted by Gasteiger charge is -2.35. The van der Waals surface area contributed by atoms with Crippen molar-refractivity contribution in [3.05, 3.63) is 36.4 Å². The molecule has 0 radical (unpaired) electrons. The van der Waals surface area contributed by atoms with E-state index < -0.39 is 0 Å². The molecule has 2 aliphatic rings. The van der Waals surface area contributed by atoms with E-state index in [0.29, 0.717) is 24.6 Å². The number of aromatic nitrogens is 2. The van der Waals surface area contributed by atoms with Crippen LogP contribution >= 0.6 is 0 Å². The third kappa shape index (κ3) is 5.37. The first-order valence-electron chi connectivity index (χ1n) is 11.1. The second-order valence-electron chi connectivity index (χ2n) is 7.96. The Balaban J connectivity index is 1.26. The van der Waals surface area contributed by atoms with Gasteiger partial charge in [-0.2, -0.15) is 0 Å². The molecule has 1 aromatic carbocycles. The summed E-state index contributed by atoms with van der Waals surface area (Å²) >= 11 is 0. The number of ether oxygens (including phenoxy) is 2. The average molecular weight is 426 g/mol. The Hall–Kier alpha value is -3.03. The van der Waals surface area contributed by atoms with Crippen molar-refractivity contribution in [3.8, 4) is 11.5 Å². The highest BCUT2D eigenvalue weighted by Gasteiger charge is 2.23. The van der Waals surface area contributed by atoms with Crippen molar-refractivity contribution < 1.29 is 14.3 Å². The van der Waals surface area contributed by atoms with Crippen LogP contribution in [0.5, 0.6) is 11.5 Å². The van der Waals surface area contributed by atoms with E-state index in [9.17, 15) is 4.79 Å². The average Bonchev–Trinajstić information content (AvgIpc) is 3.12. The van der Waals surface area contributed by atoms with Gasteiger partial charge in [-0.1, -0.05) is 25.0 Å².